The van der Waals surface area contributed by atoms with Gasteiger partial charge in [0, 0.05) is 33.6 Å². The van der Waals surface area contributed by atoms with Crippen molar-refractivity contribution in [3.8, 4) is 0 Å². The molecule has 0 aliphatic carbocycles. The van der Waals surface area contributed by atoms with E-state index in [9.17, 15) is 9.00 Å². The molecule has 2 nitrogen and oxygen atoms in total. The molecule has 0 amide bonds. The highest BCUT2D eigenvalue weighted by atomic mass is 32.2. The Morgan fingerprint density at radius 3 is 1.62 bits per heavy atom. The molecule has 0 N–H and O–H groups in total. The molecule has 0 aromatic rings. The van der Waals surface area contributed by atoms with Crippen molar-refractivity contribution < 1.29 is 9.00 Å². The van der Waals surface area contributed by atoms with E-state index in [1.54, 1.807) is 0 Å². The molecule has 2 saturated heterocycles. The van der Waals surface area contributed by atoms with Gasteiger partial charge in [0.25, 0.3) is 0 Å². The monoisotopic (exact) mass is 382 g/mol. The highest BCUT2D eigenvalue weighted by Crippen LogP contribution is 2.39. The first-order valence-electron chi connectivity index (χ1n) is 11.6. The number of rotatable bonds is 15. The molecule has 2 rings (SSSR count). The van der Waals surface area contributed by atoms with Crippen molar-refractivity contribution in [1.82, 2.24) is 0 Å². The van der Waals surface area contributed by atoms with Gasteiger partial charge < -0.3 is 0 Å². The van der Waals surface area contributed by atoms with E-state index in [1.165, 1.54) is 77.0 Å². The lowest BCUT2D eigenvalue weighted by molar-refractivity contribution is -0.123. The third-order valence-electron chi connectivity index (χ3n) is 6.54. The number of ketones is 1. The predicted octanol–water partition coefficient (Wildman–Crippen LogP) is 6.73. The third kappa shape index (κ3) is 7.82. The van der Waals surface area contributed by atoms with Crippen molar-refractivity contribution in [3.05, 3.63) is 0 Å². The lowest BCUT2D eigenvalue weighted by Gasteiger charge is -2.26. The summed E-state index contributed by atoms with van der Waals surface area (Å²) in [6.07, 6.45) is 22.4. The minimum atomic E-state index is -0.625. The second-order valence-electron chi connectivity index (χ2n) is 8.78. The zero-order valence-corrected chi connectivity index (χ0v) is 18.0. The Morgan fingerprint density at radius 1 is 0.731 bits per heavy atom. The molecule has 26 heavy (non-hydrogen) atoms. The summed E-state index contributed by atoms with van der Waals surface area (Å²) >= 11 is 0. The average molecular weight is 383 g/mol. The third-order valence-corrected chi connectivity index (χ3v) is 8.72. The van der Waals surface area contributed by atoms with Crippen LogP contribution in [0.2, 0.25) is 0 Å². The van der Waals surface area contributed by atoms with Crippen molar-refractivity contribution in [3.63, 3.8) is 0 Å². The smallest absolute Gasteiger partial charge is 0.136 e. The van der Waals surface area contributed by atoms with E-state index in [4.69, 9.17) is 0 Å². The van der Waals surface area contributed by atoms with Gasteiger partial charge in [-0.3, -0.25) is 9.00 Å². The molecule has 2 heterocycles. The van der Waals surface area contributed by atoms with Crippen LogP contribution in [0.4, 0.5) is 0 Å². The van der Waals surface area contributed by atoms with Gasteiger partial charge in [0.1, 0.15) is 5.78 Å². The van der Waals surface area contributed by atoms with Gasteiger partial charge in [-0.05, 0) is 32.1 Å². The molecule has 2 fully saturated rings. The molecule has 152 valence electrons. The van der Waals surface area contributed by atoms with E-state index in [0.29, 0.717) is 16.3 Å². The van der Waals surface area contributed by atoms with Crippen LogP contribution < -0.4 is 0 Å². The first-order chi connectivity index (χ1) is 12.7. The molecular weight excluding hydrogens is 340 g/mol. The average Bonchev–Trinajstić information content (AvgIpc) is 2.86. The summed E-state index contributed by atoms with van der Waals surface area (Å²) in [4.78, 5) is 12.4. The van der Waals surface area contributed by atoms with Crippen LogP contribution in [0.3, 0.4) is 0 Å². The Kier molecular flexibility index (Phi) is 11.1. The molecule has 2 aliphatic heterocycles. The van der Waals surface area contributed by atoms with E-state index in [1.807, 2.05) is 0 Å². The van der Waals surface area contributed by atoms with Gasteiger partial charge in [-0.2, -0.15) is 0 Å². The second kappa shape index (κ2) is 13.1. The Labute approximate surface area is 164 Å². The quantitative estimate of drug-likeness (QED) is 0.294. The van der Waals surface area contributed by atoms with Crippen LogP contribution in [0.1, 0.15) is 122 Å². The largest absolute Gasteiger partial charge is 0.299 e. The molecule has 0 saturated carbocycles. The van der Waals surface area contributed by atoms with Gasteiger partial charge in [-0.15, -0.1) is 0 Å². The number of hydrogen-bond acceptors (Lipinski definition) is 2. The van der Waals surface area contributed by atoms with Crippen molar-refractivity contribution >= 4 is 16.6 Å². The standard InChI is InChI=1S/C23H42O2S/c1-2-3-4-5-6-7-8-9-10-11-12-13-14-15-23(24)20-18-21-16-17-22(19-20)26(21)25/h20-22H,2-19H2,1H3. The molecule has 2 atom stereocenters. The van der Waals surface area contributed by atoms with Gasteiger partial charge in [0.05, 0.1) is 0 Å². The normalized spacial score (nSPS) is 27.7. The first kappa shape index (κ1) is 22.1. The minimum absolute atomic E-state index is 0.238. The molecule has 3 heteroatoms. The molecule has 2 bridgehead atoms. The number of carbonyl (C=O) groups excluding carboxylic acids is 1. The summed E-state index contributed by atoms with van der Waals surface area (Å²) < 4.78 is 12.0. The minimum Gasteiger partial charge on any atom is -0.299 e. The zero-order valence-electron chi connectivity index (χ0n) is 17.2. The van der Waals surface area contributed by atoms with Crippen LogP contribution in [0, 0.1) is 5.92 Å². The highest BCUT2D eigenvalue weighted by Gasteiger charge is 2.42. The molecule has 2 aliphatic rings. The van der Waals surface area contributed by atoms with Gasteiger partial charge >= 0.3 is 0 Å². The lowest BCUT2D eigenvalue weighted by Crippen LogP contribution is -2.32. The molecular formula is C23H42O2S. The predicted molar refractivity (Wildman–Crippen MR) is 113 cm³/mol. The Hall–Kier alpha value is -0.180. The Bertz CT molecular complexity index is 404. The van der Waals surface area contributed by atoms with Crippen molar-refractivity contribution in [2.24, 2.45) is 5.92 Å². The van der Waals surface area contributed by atoms with Crippen LogP contribution in [0.5, 0.6) is 0 Å². The highest BCUT2D eigenvalue weighted by molar-refractivity contribution is 7.86. The van der Waals surface area contributed by atoms with Gasteiger partial charge in [-0.25, -0.2) is 0 Å². The number of unbranched alkanes of at least 4 members (excludes halogenated alkanes) is 12. The van der Waals surface area contributed by atoms with Crippen LogP contribution in [-0.2, 0) is 15.6 Å². The van der Waals surface area contributed by atoms with Crippen LogP contribution in [0.25, 0.3) is 0 Å². The van der Waals surface area contributed by atoms with Crippen molar-refractivity contribution in [1.29, 1.82) is 0 Å². The van der Waals surface area contributed by atoms with Crippen LogP contribution >= 0.6 is 0 Å². The number of fused-ring (bicyclic) bond motifs is 2. The van der Waals surface area contributed by atoms with Crippen LogP contribution in [0.15, 0.2) is 0 Å². The van der Waals surface area contributed by atoms with Gasteiger partial charge in [0.2, 0.25) is 0 Å². The SMILES string of the molecule is CCCCCCCCCCCCCCCC(=O)C1CC2CCC(C1)S2=O. The van der Waals surface area contributed by atoms with Crippen molar-refractivity contribution in [2.45, 2.75) is 133 Å². The number of carbonyl (C=O) groups is 1. The topological polar surface area (TPSA) is 34.1 Å². The van der Waals surface area contributed by atoms with E-state index in [2.05, 4.69) is 6.92 Å². The fourth-order valence-corrected chi connectivity index (χ4v) is 6.94. The van der Waals surface area contributed by atoms with Crippen molar-refractivity contribution in [2.75, 3.05) is 0 Å². The Morgan fingerprint density at radius 2 is 1.15 bits per heavy atom. The van der Waals surface area contributed by atoms with E-state index in [0.717, 1.165) is 38.5 Å². The zero-order chi connectivity index (χ0) is 18.6. The lowest BCUT2D eigenvalue weighted by atomic mass is 9.91. The Balaban J connectivity index is 1.37. The maximum Gasteiger partial charge on any atom is 0.136 e. The summed E-state index contributed by atoms with van der Waals surface area (Å²) in [6, 6.07) is 0. The molecule has 0 aromatic carbocycles. The summed E-state index contributed by atoms with van der Waals surface area (Å²) in [5, 5.41) is 0.684. The van der Waals surface area contributed by atoms with E-state index < -0.39 is 10.8 Å². The van der Waals surface area contributed by atoms with E-state index in [-0.39, 0.29) is 5.92 Å². The fraction of sp³-hybridized carbons (Fsp3) is 0.957. The maximum atomic E-state index is 12.4. The van der Waals surface area contributed by atoms with Gasteiger partial charge in [-0.1, -0.05) is 84.0 Å². The first-order valence-corrected chi connectivity index (χ1v) is 12.9. The summed E-state index contributed by atoms with van der Waals surface area (Å²) in [5.41, 5.74) is 0. The number of Topliss-reactive ketones (excluding diaryl/α,β-unsaturated/α-hetero) is 1. The molecule has 0 spiro atoms. The fourth-order valence-electron chi connectivity index (χ4n) is 4.82. The molecule has 2 unspecified atom stereocenters. The number of hydrogen-bond donors (Lipinski definition) is 0. The second-order valence-corrected chi connectivity index (χ2v) is 10.8. The van der Waals surface area contributed by atoms with Crippen LogP contribution in [-0.4, -0.2) is 20.5 Å². The molecule has 0 aromatic heterocycles. The summed E-state index contributed by atoms with van der Waals surface area (Å²) in [6.45, 7) is 2.28. The van der Waals surface area contributed by atoms with Gasteiger partial charge in [0.15, 0.2) is 0 Å². The molecule has 0 radical (unpaired) electrons. The van der Waals surface area contributed by atoms with E-state index >= 15 is 0 Å². The summed E-state index contributed by atoms with van der Waals surface area (Å²) in [7, 11) is -0.625. The maximum absolute atomic E-state index is 12.4. The summed E-state index contributed by atoms with van der Waals surface area (Å²) in [5.74, 6) is 0.712.